The minimum atomic E-state index is -0.664. The van der Waals surface area contributed by atoms with Crippen molar-refractivity contribution in [1.82, 2.24) is 4.90 Å². The van der Waals surface area contributed by atoms with E-state index in [1.165, 1.54) is 0 Å². The third kappa shape index (κ3) is 2.45. The quantitative estimate of drug-likeness (QED) is 0.824. The lowest BCUT2D eigenvalue weighted by atomic mass is 9.76. The van der Waals surface area contributed by atoms with E-state index in [-0.39, 0.29) is 11.5 Å². The average molecular weight is 247 g/mol. The fourth-order valence-electron chi connectivity index (χ4n) is 2.89. The first kappa shape index (κ1) is 13.6. The molecule has 1 N–H and O–H groups in total. The van der Waals surface area contributed by atoms with Gasteiger partial charge < -0.3 is 5.11 Å². The van der Waals surface area contributed by atoms with Crippen LogP contribution < -0.4 is 0 Å². The van der Waals surface area contributed by atoms with E-state index < -0.39 is 5.60 Å². The Balaban J connectivity index is 2.19. The summed E-state index contributed by atoms with van der Waals surface area (Å²) >= 11 is 0. The van der Waals surface area contributed by atoms with Crippen molar-refractivity contribution >= 4 is 0 Å². The summed E-state index contributed by atoms with van der Waals surface area (Å²) in [5.74, 6) is 0.257. The van der Waals surface area contributed by atoms with Crippen LogP contribution in [0.5, 0.6) is 0 Å². The second-order valence-electron chi connectivity index (χ2n) is 6.56. The molecule has 2 heteroatoms. The van der Waals surface area contributed by atoms with Gasteiger partial charge in [-0.15, -0.1) is 0 Å². The molecule has 100 valence electrons. The van der Waals surface area contributed by atoms with E-state index in [4.69, 9.17) is 0 Å². The summed E-state index contributed by atoms with van der Waals surface area (Å²) in [5, 5.41) is 11.0. The maximum absolute atomic E-state index is 11.0. The summed E-state index contributed by atoms with van der Waals surface area (Å²) in [6.45, 7) is 10.8. The van der Waals surface area contributed by atoms with Crippen LogP contribution in [0.3, 0.4) is 0 Å². The Bertz CT molecular complexity index is 395. The van der Waals surface area contributed by atoms with Crippen molar-refractivity contribution in [2.75, 3.05) is 13.1 Å². The van der Waals surface area contributed by atoms with Crippen LogP contribution in [0.25, 0.3) is 0 Å². The lowest BCUT2D eigenvalue weighted by Gasteiger charge is -2.48. The standard InChI is InChI=1S/C16H25NO/c1-13-12-17(15(2,3)4)11-10-16(13,18)14-8-6-5-7-9-14/h5-9,13,18H,10-12H2,1-4H3/t13-,16+/m1/s1. The fraction of sp³-hybridized carbons (Fsp3) is 0.625. The molecule has 0 aliphatic carbocycles. The monoisotopic (exact) mass is 247 g/mol. The molecule has 1 heterocycles. The molecule has 0 saturated carbocycles. The first-order valence-electron chi connectivity index (χ1n) is 6.87. The number of rotatable bonds is 1. The van der Waals surface area contributed by atoms with Crippen molar-refractivity contribution in [2.45, 2.75) is 45.3 Å². The Morgan fingerprint density at radius 2 is 1.83 bits per heavy atom. The third-order valence-electron chi connectivity index (χ3n) is 4.29. The molecule has 0 aromatic heterocycles. The van der Waals surface area contributed by atoms with Crippen molar-refractivity contribution in [2.24, 2.45) is 5.92 Å². The van der Waals surface area contributed by atoms with Crippen molar-refractivity contribution in [3.63, 3.8) is 0 Å². The Morgan fingerprint density at radius 1 is 1.22 bits per heavy atom. The van der Waals surface area contributed by atoms with Gasteiger partial charge in [-0.25, -0.2) is 0 Å². The van der Waals surface area contributed by atoms with E-state index >= 15 is 0 Å². The number of piperidine rings is 1. The molecular formula is C16H25NO. The van der Waals surface area contributed by atoms with Crippen LogP contribution >= 0.6 is 0 Å². The van der Waals surface area contributed by atoms with Crippen LogP contribution in [-0.2, 0) is 5.60 Å². The molecular weight excluding hydrogens is 222 g/mol. The van der Waals surface area contributed by atoms with Gasteiger partial charge in [-0.1, -0.05) is 37.3 Å². The van der Waals surface area contributed by atoms with Gasteiger partial charge in [0.1, 0.15) is 0 Å². The molecule has 0 amide bonds. The van der Waals surface area contributed by atoms with Gasteiger partial charge in [-0.05, 0) is 32.8 Å². The molecule has 1 aromatic rings. The zero-order valence-corrected chi connectivity index (χ0v) is 12.0. The highest BCUT2D eigenvalue weighted by Gasteiger charge is 2.42. The van der Waals surface area contributed by atoms with Crippen LogP contribution in [0, 0.1) is 5.92 Å². The molecule has 2 atom stereocenters. The molecule has 0 bridgehead atoms. The predicted molar refractivity (Wildman–Crippen MR) is 75.4 cm³/mol. The molecule has 1 aliphatic rings. The normalized spacial score (nSPS) is 30.4. The molecule has 18 heavy (non-hydrogen) atoms. The SMILES string of the molecule is C[C@@H]1CN(C(C)(C)C)CC[C@@]1(O)c1ccccc1. The highest BCUT2D eigenvalue weighted by Crippen LogP contribution is 2.38. The average Bonchev–Trinajstić information content (AvgIpc) is 2.32. The van der Waals surface area contributed by atoms with Crippen molar-refractivity contribution < 1.29 is 5.11 Å². The summed E-state index contributed by atoms with van der Waals surface area (Å²) in [6, 6.07) is 10.1. The molecule has 2 rings (SSSR count). The number of aliphatic hydroxyl groups is 1. The van der Waals surface area contributed by atoms with Crippen LogP contribution in [0.1, 0.15) is 39.7 Å². The van der Waals surface area contributed by atoms with Crippen molar-refractivity contribution in [3.05, 3.63) is 35.9 Å². The van der Waals surface area contributed by atoms with Crippen LogP contribution in [-0.4, -0.2) is 28.6 Å². The van der Waals surface area contributed by atoms with Crippen molar-refractivity contribution in [3.8, 4) is 0 Å². The minimum absolute atomic E-state index is 0.187. The van der Waals surface area contributed by atoms with E-state index in [1.807, 2.05) is 30.3 Å². The van der Waals surface area contributed by atoms with Gasteiger partial charge in [0.15, 0.2) is 0 Å². The Kier molecular flexibility index (Phi) is 3.52. The number of hydrogen-bond acceptors (Lipinski definition) is 2. The lowest BCUT2D eigenvalue weighted by molar-refractivity contribution is -0.0884. The Labute approximate surface area is 111 Å². The summed E-state index contributed by atoms with van der Waals surface area (Å²) in [7, 11) is 0. The second-order valence-corrected chi connectivity index (χ2v) is 6.56. The van der Waals surface area contributed by atoms with E-state index in [1.54, 1.807) is 0 Å². The summed E-state index contributed by atoms with van der Waals surface area (Å²) in [6.07, 6.45) is 0.815. The maximum atomic E-state index is 11.0. The minimum Gasteiger partial charge on any atom is -0.385 e. The zero-order chi connectivity index (χ0) is 13.4. The van der Waals surface area contributed by atoms with Crippen LogP contribution in [0.15, 0.2) is 30.3 Å². The van der Waals surface area contributed by atoms with E-state index in [0.717, 1.165) is 25.1 Å². The first-order valence-corrected chi connectivity index (χ1v) is 6.87. The van der Waals surface area contributed by atoms with E-state index in [0.29, 0.717) is 0 Å². The van der Waals surface area contributed by atoms with Gasteiger partial charge in [0.2, 0.25) is 0 Å². The highest BCUT2D eigenvalue weighted by molar-refractivity contribution is 5.24. The Hall–Kier alpha value is -0.860. The molecule has 0 unspecified atom stereocenters. The lowest BCUT2D eigenvalue weighted by Crippen LogP contribution is -2.54. The summed E-state index contributed by atoms with van der Waals surface area (Å²) < 4.78 is 0. The van der Waals surface area contributed by atoms with Crippen LogP contribution in [0.2, 0.25) is 0 Å². The fourth-order valence-corrected chi connectivity index (χ4v) is 2.89. The number of likely N-dealkylation sites (tertiary alicyclic amines) is 1. The maximum Gasteiger partial charge on any atom is 0.0946 e. The predicted octanol–water partition coefficient (Wildman–Crippen LogP) is 3.01. The van der Waals surface area contributed by atoms with Gasteiger partial charge in [0.25, 0.3) is 0 Å². The zero-order valence-electron chi connectivity index (χ0n) is 12.0. The molecule has 2 nitrogen and oxygen atoms in total. The van der Waals surface area contributed by atoms with Crippen LogP contribution in [0.4, 0.5) is 0 Å². The molecule has 1 saturated heterocycles. The second kappa shape index (κ2) is 4.67. The summed E-state index contributed by atoms with van der Waals surface area (Å²) in [4.78, 5) is 2.47. The van der Waals surface area contributed by atoms with Crippen molar-refractivity contribution in [1.29, 1.82) is 0 Å². The van der Waals surface area contributed by atoms with Gasteiger partial charge in [0, 0.05) is 24.5 Å². The number of hydrogen-bond donors (Lipinski definition) is 1. The van der Waals surface area contributed by atoms with Gasteiger partial charge >= 0.3 is 0 Å². The van der Waals surface area contributed by atoms with Gasteiger partial charge in [-0.3, -0.25) is 4.90 Å². The molecule has 1 aromatic carbocycles. The highest BCUT2D eigenvalue weighted by atomic mass is 16.3. The van der Waals surface area contributed by atoms with E-state index in [9.17, 15) is 5.11 Å². The van der Waals surface area contributed by atoms with E-state index in [2.05, 4.69) is 32.6 Å². The molecule has 0 radical (unpaired) electrons. The van der Waals surface area contributed by atoms with Gasteiger partial charge in [-0.2, -0.15) is 0 Å². The molecule has 0 spiro atoms. The largest absolute Gasteiger partial charge is 0.385 e. The molecule has 1 fully saturated rings. The topological polar surface area (TPSA) is 23.5 Å². The van der Waals surface area contributed by atoms with Gasteiger partial charge in [0.05, 0.1) is 5.60 Å². The molecule has 1 aliphatic heterocycles. The third-order valence-corrected chi connectivity index (χ3v) is 4.29. The Morgan fingerprint density at radius 3 is 2.33 bits per heavy atom. The number of nitrogens with zero attached hydrogens (tertiary/aromatic N) is 1. The smallest absolute Gasteiger partial charge is 0.0946 e. The summed E-state index contributed by atoms with van der Waals surface area (Å²) in [5.41, 5.74) is 0.584. The first-order chi connectivity index (χ1) is 8.34. The number of benzene rings is 1.